The van der Waals surface area contributed by atoms with E-state index in [2.05, 4.69) is 45.1 Å². The van der Waals surface area contributed by atoms with Crippen molar-refractivity contribution < 1.29 is 28.6 Å². The van der Waals surface area contributed by atoms with Crippen LogP contribution in [0.4, 0.5) is 0 Å². The Labute approximate surface area is 487 Å². The van der Waals surface area contributed by atoms with Gasteiger partial charge in [-0.05, 0) is 70.6 Å². The van der Waals surface area contributed by atoms with Gasteiger partial charge in [0.15, 0.2) is 6.10 Å². The summed E-state index contributed by atoms with van der Waals surface area (Å²) in [6.07, 6.45) is 82.1. The highest BCUT2D eigenvalue weighted by molar-refractivity contribution is 5.71. The Kier molecular flexibility index (Phi) is 65.6. The van der Waals surface area contributed by atoms with Gasteiger partial charge < -0.3 is 14.2 Å². The Morgan fingerprint density at radius 1 is 0.244 bits per heavy atom. The van der Waals surface area contributed by atoms with Crippen molar-refractivity contribution in [2.24, 2.45) is 0 Å². The standard InChI is InChI=1S/C72H136O6/c1-4-7-10-13-16-19-22-25-27-29-31-32-33-34-35-36-37-38-39-41-42-44-47-50-53-56-59-62-65-71(74)77-68-69(67-76-70(73)64-61-58-55-52-49-46-24-21-18-15-12-9-6-3)78-72(75)66-63-60-57-54-51-48-45-43-40-30-28-26-23-20-17-14-11-8-5-2/h21,24,26,28,69H,4-20,22-23,25,27,29-68H2,1-3H3/b24-21-,28-26-. The minimum absolute atomic E-state index is 0.0694. The molecule has 0 aliphatic carbocycles. The monoisotopic (exact) mass is 1100 g/mol. The third kappa shape index (κ3) is 64.7. The molecule has 0 aromatic rings. The van der Waals surface area contributed by atoms with E-state index in [9.17, 15) is 14.4 Å². The molecule has 6 nitrogen and oxygen atoms in total. The number of hydrogen-bond donors (Lipinski definition) is 0. The van der Waals surface area contributed by atoms with E-state index in [1.165, 1.54) is 295 Å². The third-order valence-corrected chi connectivity index (χ3v) is 16.2. The Balaban J connectivity index is 4.18. The molecule has 1 atom stereocenters. The molecule has 0 saturated carbocycles. The maximum absolute atomic E-state index is 12.9. The number of ether oxygens (including phenoxy) is 3. The first-order chi connectivity index (χ1) is 38.5. The molecule has 0 heterocycles. The van der Waals surface area contributed by atoms with Gasteiger partial charge in [0.1, 0.15) is 13.2 Å². The van der Waals surface area contributed by atoms with Gasteiger partial charge >= 0.3 is 17.9 Å². The quantitative estimate of drug-likeness (QED) is 0.0261. The highest BCUT2D eigenvalue weighted by atomic mass is 16.6. The van der Waals surface area contributed by atoms with Gasteiger partial charge in [0, 0.05) is 19.3 Å². The molecule has 0 fully saturated rings. The zero-order valence-electron chi connectivity index (χ0n) is 53.0. The van der Waals surface area contributed by atoms with Crippen LogP contribution in [0, 0.1) is 0 Å². The molecule has 0 radical (unpaired) electrons. The van der Waals surface area contributed by atoms with Crippen molar-refractivity contribution in [3.63, 3.8) is 0 Å². The summed E-state index contributed by atoms with van der Waals surface area (Å²) < 4.78 is 17.0. The molecule has 0 aromatic carbocycles. The van der Waals surface area contributed by atoms with Crippen molar-refractivity contribution in [3.8, 4) is 0 Å². The number of rotatable bonds is 66. The van der Waals surface area contributed by atoms with Crippen molar-refractivity contribution >= 4 is 17.9 Å². The van der Waals surface area contributed by atoms with Crippen LogP contribution in [0.5, 0.6) is 0 Å². The highest BCUT2D eigenvalue weighted by Gasteiger charge is 2.19. The number of unbranched alkanes of at least 4 members (excludes halogenated alkanes) is 51. The minimum Gasteiger partial charge on any atom is -0.462 e. The Morgan fingerprint density at radius 2 is 0.423 bits per heavy atom. The Morgan fingerprint density at radius 3 is 0.654 bits per heavy atom. The van der Waals surface area contributed by atoms with Crippen LogP contribution in [0.15, 0.2) is 24.3 Å². The first-order valence-corrected chi connectivity index (χ1v) is 35.3. The minimum atomic E-state index is -0.774. The molecule has 78 heavy (non-hydrogen) atoms. The van der Waals surface area contributed by atoms with Crippen LogP contribution in [0.2, 0.25) is 0 Å². The molecular weight excluding hydrogens is 961 g/mol. The maximum atomic E-state index is 12.9. The number of hydrogen-bond acceptors (Lipinski definition) is 6. The fraction of sp³-hybridized carbons (Fsp3) is 0.903. The summed E-state index contributed by atoms with van der Waals surface area (Å²) in [4.78, 5) is 38.4. The van der Waals surface area contributed by atoms with E-state index in [1.54, 1.807) is 0 Å². The average Bonchev–Trinajstić information content (AvgIpc) is 3.44. The second-order valence-corrected chi connectivity index (χ2v) is 24.1. The molecular formula is C72H136O6. The van der Waals surface area contributed by atoms with Gasteiger partial charge in [-0.3, -0.25) is 14.4 Å². The van der Waals surface area contributed by atoms with E-state index in [0.29, 0.717) is 19.3 Å². The van der Waals surface area contributed by atoms with Crippen molar-refractivity contribution in [1.29, 1.82) is 0 Å². The number of esters is 3. The predicted octanol–water partition coefficient (Wildman–Crippen LogP) is 24.2. The molecule has 0 saturated heterocycles. The summed E-state index contributed by atoms with van der Waals surface area (Å²) >= 11 is 0. The van der Waals surface area contributed by atoms with Gasteiger partial charge in [-0.2, -0.15) is 0 Å². The van der Waals surface area contributed by atoms with E-state index < -0.39 is 6.10 Å². The van der Waals surface area contributed by atoms with Gasteiger partial charge in [-0.1, -0.05) is 334 Å². The Bertz CT molecular complexity index is 1260. The largest absolute Gasteiger partial charge is 0.462 e. The molecule has 0 N–H and O–H groups in total. The van der Waals surface area contributed by atoms with Gasteiger partial charge in [0.25, 0.3) is 0 Å². The average molecular weight is 1100 g/mol. The van der Waals surface area contributed by atoms with E-state index >= 15 is 0 Å². The highest BCUT2D eigenvalue weighted by Crippen LogP contribution is 2.19. The second kappa shape index (κ2) is 67.4. The molecule has 0 aromatic heterocycles. The normalized spacial score (nSPS) is 12.1. The third-order valence-electron chi connectivity index (χ3n) is 16.2. The van der Waals surface area contributed by atoms with Crippen molar-refractivity contribution in [1.82, 2.24) is 0 Å². The van der Waals surface area contributed by atoms with Gasteiger partial charge in [-0.15, -0.1) is 0 Å². The molecule has 6 heteroatoms. The lowest BCUT2D eigenvalue weighted by Crippen LogP contribution is -2.30. The molecule has 0 spiro atoms. The van der Waals surface area contributed by atoms with E-state index in [0.717, 1.165) is 64.2 Å². The zero-order chi connectivity index (χ0) is 56.4. The summed E-state index contributed by atoms with van der Waals surface area (Å²) in [7, 11) is 0. The van der Waals surface area contributed by atoms with E-state index in [-0.39, 0.29) is 31.1 Å². The molecule has 0 aliphatic heterocycles. The lowest BCUT2D eigenvalue weighted by molar-refractivity contribution is -0.167. The fourth-order valence-electron chi connectivity index (χ4n) is 10.8. The number of allylic oxidation sites excluding steroid dienone is 4. The van der Waals surface area contributed by atoms with E-state index in [1.807, 2.05) is 0 Å². The Hall–Kier alpha value is -2.11. The topological polar surface area (TPSA) is 78.9 Å². The first kappa shape index (κ1) is 75.9. The molecule has 0 amide bonds. The molecule has 460 valence electrons. The second-order valence-electron chi connectivity index (χ2n) is 24.1. The van der Waals surface area contributed by atoms with Crippen LogP contribution in [0.1, 0.15) is 400 Å². The molecule has 1 unspecified atom stereocenters. The predicted molar refractivity (Wildman–Crippen MR) is 340 cm³/mol. The number of carbonyl (C=O) groups is 3. The van der Waals surface area contributed by atoms with Crippen LogP contribution in [0.3, 0.4) is 0 Å². The number of carbonyl (C=O) groups excluding carboxylic acids is 3. The van der Waals surface area contributed by atoms with Crippen molar-refractivity contribution in [3.05, 3.63) is 24.3 Å². The first-order valence-electron chi connectivity index (χ1n) is 35.3. The lowest BCUT2D eigenvalue weighted by Gasteiger charge is -2.18. The smallest absolute Gasteiger partial charge is 0.306 e. The van der Waals surface area contributed by atoms with Crippen LogP contribution >= 0.6 is 0 Å². The zero-order valence-corrected chi connectivity index (χ0v) is 53.0. The van der Waals surface area contributed by atoms with E-state index in [4.69, 9.17) is 14.2 Å². The van der Waals surface area contributed by atoms with Gasteiger partial charge in [0.05, 0.1) is 0 Å². The fourth-order valence-corrected chi connectivity index (χ4v) is 10.8. The van der Waals surface area contributed by atoms with Gasteiger partial charge in [0.2, 0.25) is 0 Å². The van der Waals surface area contributed by atoms with Crippen LogP contribution in [-0.2, 0) is 28.6 Å². The SMILES string of the molecule is CCCCCC/C=C\CCCCCCCC(=O)OCC(COC(=O)CCCCCCCCCCCCCCCCCCCCCCCCCCCCCC)OC(=O)CCCCCCCCCCC/C=C\CCCCCCCC. The summed E-state index contributed by atoms with van der Waals surface area (Å²) in [6.45, 7) is 6.69. The van der Waals surface area contributed by atoms with Crippen LogP contribution in [0.25, 0.3) is 0 Å². The maximum Gasteiger partial charge on any atom is 0.306 e. The van der Waals surface area contributed by atoms with Crippen molar-refractivity contribution in [2.45, 2.75) is 406 Å². The summed E-state index contributed by atoms with van der Waals surface area (Å²) in [5.41, 5.74) is 0. The summed E-state index contributed by atoms with van der Waals surface area (Å²) in [5.74, 6) is -0.851. The lowest BCUT2D eigenvalue weighted by atomic mass is 10.0. The molecule has 0 rings (SSSR count). The molecule has 0 bridgehead atoms. The van der Waals surface area contributed by atoms with Gasteiger partial charge in [-0.25, -0.2) is 0 Å². The molecule has 0 aliphatic rings. The van der Waals surface area contributed by atoms with Crippen LogP contribution in [-0.4, -0.2) is 37.2 Å². The van der Waals surface area contributed by atoms with Crippen molar-refractivity contribution in [2.75, 3.05) is 13.2 Å². The summed E-state index contributed by atoms with van der Waals surface area (Å²) in [5, 5.41) is 0. The summed E-state index contributed by atoms with van der Waals surface area (Å²) in [6, 6.07) is 0. The van der Waals surface area contributed by atoms with Crippen LogP contribution < -0.4 is 0 Å².